The molecule has 0 fully saturated rings. The third kappa shape index (κ3) is 21.0. The van der Waals surface area contributed by atoms with Gasteiger partial charge in [0.25, 0.3) is 0 Å². The van der Waals surface area contributed by atoms with Crippen LogP contribution in [0.15, 0.2) is 0 Å². The van der Waals surface area contributed by atoms with Crippen LogP contribution in [0.2, 0.25) is 0 Å². The molecule has 0 saturated carbocycles. The molecule has 0 heterocycles. The minimum atomic E-state index is -0.479. The number of carbonyl (C=O) groups is 1. The van der Waals surface area contributed by atoms with Crippen molar-refractivity contribution in [2.45, 2.75) is 39.9 Å². The van der Waals surface area contributed by atoms with Gasteiger partial charge in [0.1, 0.15) is 6.61 Å². The van der Waals surface area contributed by atoms with Crippen molar-refractivity contribution in [3.8, 4) is 0 Å². The van der Waals surface area contributed by atoms with E-state index in [1.807, 2.05) is 27.7 Å². The van der Waals surface area contributed by atoms with Crippen molar-refractivity contribution >= 4 is 6.09 Å². The first-order valence-corrected chi connectivity index (χ1v) is 8.89. The molecule has 8 nitrogen and oxygen atoms in total. The minimum Gasteiger partial charge on any atom is -0.447 e. The Morgan fingerprint density at radius 1 is 0.680 bits per heavy atom. The summed E-state index contributed by atoms with van der Waals surface area (Å²) in [6, 6.07) is 0. The molecule has 150 valence electrons. The summed E-state index contributed by atoms with van der Waals surface area (Å²) in [5.41, 5.74) is 0. The lowest BCUT2D eigenvalue weighted by atomic mass is 10.5. The number of ether oxygens (including phenoxy) is 6. The van der Waals surface area contributed by atoms with E-state index in [1.165, 1.54) is 0 Å². The van der Waals surface area contributed by atoms with Gasteiger partial charge in [0.2, 0.25) is 0 Å². The van der Waals surface area contributed by atoms with E-state index in [9.17, 15) is 4.79 Å². The average Bonchev–Trinajstić information content (AvgIpc) is 2.55. The molecule has 0 spiro atoms. The number of hydrogen-bond acceptors (Lipinski definition) is 7. The maximum atomic E-state index is 11.4. The van der Waals surface area contributed by atoms with Crippen LogP contribution in [-0.2, 0) is 28.4 Å². The maximum Gasteiger partial charge on any atom is 0.407 e. The fourth-order valence-corrected chi connectivity index (χ4v) is 1.58. The lowest BCUT2D eigenvalue weighted by Gasteiger charge is -2.10. The van der Waals surface area contributed by atoms with E-state index in [0.717, 1.165) is 0 Å². The molecule has 0 aliphatic heterocycles. The molecule has 1 N–H and O–H groups in total. The van der Waals surface area contributed by atoms with E-state index in [4.69, 9.17) is 28.4 Å². The normalized spacial score (nSPS) is 11.3. The summed E-state index contributed by atoms with van der Waals surface area (Å²) in [5.74, 6) is 0. The molecule has 25 heavy (non-hydrogen) atoms. The molecule has 0 unspecified atom stereocenters. The Bertz CT molecular complexity index is 301. The van der Waals surface area contributed by atoms with Crippen LogP contribution < -0.4 is 5.32 Å². The first kappa shape index (κ1) is 24.1. The van der Waals surface area contributed by atoms with Crippen LogP contribution in [0.5, 0.6) is 0 Å². The molecule has 8 heteroatoms. The van der Waals surface area contributed by atoms with E-state index in [0.29, 0.717) is 59.4 Å². The SMILES string of the molecule is CC(C)OCCOCCNC(=O)OCCOCCOCCOC(C)C. The summed E-state index contributed by atoms with van der Waals surface area (Å²) < 4.78 is 31.5. The summed E-state index contributed by atoms with van der Waals surface area (Å²) >= 11 is 0. The Balaban J connectivity index is 3.18. The Morgan fingerprint density at radius 2 is 1.12 bits per heavy atom. The molecule has 0 saturated heterocycles. The first-order chi connectivity index (χ1) is 12.0. The van der Waals surface area contributed by atoms with Gasteiger partial charge in [-0.2, -0.15) is 0 Å². The quantitative estimate of drug-likeness (QED) is 0.392. The zero-order chi connectivity index (χ0) is 18.8. The van der Waals surface area contributed by atoms with E-state index < -0.39 is 6.09 Å². The van der Waals surface area contributed by atoms with Gasteiger partial charge < -0.3 is 33.7 Å². The highest BCUT2D eigenvalue weighted by molar-refractivity contribution is 5.66. The summed E-state index contributed by atoms with van der Waals surface area (Å²) in [6.07, 6.45) is -0.0642. The van der Waals surface area contributed by atoms with Gasteiger partial charge >= 0.3 is 6.09 Å². The first-order valence-electron chi connectivity index (χ1n) is 8.89. The Hall–Kier alpha value is -0.930. The van der Waals surface area contributed by atoms with Crippen molar-refractivity contribution in [2.75, 3.05) is 66.0 Å². The van der Waals surface area contributed by atoms with Gasteiger partial charge in [-0.15, -0.1) is 0 Å². The summed E-state index contributed by atoms with van der Waals surface area (Å²) in [6.45, 7) is 12.4. The second-order valence-electron chi connectivity index (χ2n) is 5.74. The number of alkyl carbamates (subject to hydrolysis) is 1. The average molecular weight is 365 g/mol. The molecule has 0 aliphatic rings. The summed E-state index contributed by atoms with van der Waals surface area (Å²) in [5, 5.41) is 2.60. The topological polar surface area (TPSA) is 84.5 Å². The Morgan fingerprint density at radius 3 is 1.64 bits per heavy atom. The summed E-state index contributed by atoms with van der Waals surface area (Å²) in [4.78, 5) is 11.4. The number of amides is 1. The minimum absolute atomic E-state index is 0.198. The fourth-order valence-electron chi connectivity index (χ4n) is 1.58. The summed E-state index contributed by atoms with van der Waals surface area (Å²) in [7, 11) is 0. The third-order valence-corrected chi connectivity index (χ3v) is 2.71. The van der Waals surface area contributed by atoms with E-state index in [2.05, 4.69) is 5.32 Å². The fraction of sp³-hybridized carbons (Fsp3) is 0.941. The van der Waals surface area contributed by atoms with Crippen molar-refractivity contribution in [3.05, 3.63) is 0 Å². The van der Waals surface area contributed by atoms with Crippen LogP contribution in [0.4, 0.5) is 4.79 Å². The van der Waals surface area contributed by atoms with Gasteiger partial charge in [0, 0.05) is 6.54 Å². The highest BCUT2D eigenvalue weighted by Crippen LogP contribution is 1.88. The smallest absolute Gasteiger partial charge is 0.407 e. The van der Waals surface area contributed by atoms with Gasteiger partial charge in [-0.3, -0.25) is 0 Å². The molecular weight excluding hydrogens is 330 g/mol. The zero-order valence-electron chi connectivity index (χ0n) is 16.1. The van der Waals surface area contributed by atoms with E-state index >= 15 is 0 Å². The monoisotopic (exact) mass is 365 g/mol. The van der Waals surface area contributed by atoms with Crippen LogP contribution in [0.1, 0.15) is 27.7 Å². The van der Waals surface area contributed by atoms with Gasteiger partial charge in [0.15, 0.2) is 0 Å². The molecule has 0 bridgehead atoms. The molecule has 0 aliphatic carbocycles. The van der Waals surface area contributed by atoms with Gasteiger partial charge in [0.05, 0.1) is 65.1 Å². The predicted molar refractivity (Wildman–Crippen MR) is 94.0 cm³/mol. The Labute approximate surface area is 151 Å². The van der Waals surface area contributed by atoms with Crippen LogP contribution in [0.3, 0.4) is 0 Å². The van der Waals surface area contributed by atoms with E-state index in [-0.39, 0.29) is 18.8 Å². The molecule has 0 radical (unpaired) electrons. The molecule has 0 atom stereocenters. The van der Waals surface area contributed by atoms with Gasteiger partial charge in [-0.1, -0.05) is 0 Å². The highest BCUT2D eigenvalue weighted by Gasteiger charge is 2.01. The number of nitrogens with one attached hydrogen (secondary N) is 1. The number of hydrogen-bond donors (Lipinski definition) is 1. The van der Waals surface area contributed by atoms with Gasteiger partial charge in [-0.05, 0) is 27.7 Å². The molecule has 0 aromatic carbocycles. The van der Waals surface area contributed by atoms with Crippen molar-refractivity contribution in [3.63, 3.8) is 0 Å². The maximum absolute atomic E-state index is 11.4. The second-order valence-corrected chi connectivity index (χ2v) is 5.74. The van der Waals surface area contributed by atoms with Gasteiger partial charge in [-0.25, -0.2) is 4.79 Å². The highest BCUT2D eigenvalue weighted by atomic mass is 16.6. The van der Waals surface area contributed by atoms with Crippen molar-refractivity contribution < 1.29 is 33.2 Å². The second kappa shape index (κ2) is 17.9. The largest absolute Gasteiger partial charge is 0.447 e. The molecule has 1 amide bonds. The Kier molecular flexibility index (Phi) is 17.2. The third-order valence-electron chi connectivity index (χ3n) is 2.71. The van der Waals surface area contributed by atoms with Crippen LogP contribution >= 0.6 is 0 Å². The van der Waals surface area contributed by atoms with Crippen molar-refractivity contribution in [2.24, 2.45) is 0 Å². The number of carbonyl (C=O) groups excluding carboxylic acids is 1. The lowest BCUT2D eigenvalue weighted by molar-refractivity contribution is -0.00701. The zero-order valence-corrected chi connectivity index (χ0v) is 16.1. The molecule has 0 aromatic rings. The number of rotatable bonds is 17. The van der Waals surface area contributed by atoms with Crippen LogP contribution in [0, 0.1) is 0 Å². The van der Waals surface area contributed by atoms with Crippen LogP contribution in [-0.4, -0.2) is 84.3 Å². The van der Waals surface area contributed by atoms with Crippen molar-refractivity contribution in [1.82, 2.24) is 5.32 Å². The van der Waals surface area contributed by atoms with E-state index in [1.54, 1.807) is 0 Å². The standard InChI is InChI=1S/C17H35NO7/c1-15(2)23-12-9-20-6-5-18-17(19)25-14-11-22-8-7-21-10-13-24-16(3)4/h15-16H,5-14H2,1-4H3,(H,18,19). The molecular formula is C17H35NO7. The predicted octanol–water partition coefficient (Wildman–Crippen LogP) is 1.61. The molecule has 0 rings (SSSR count). The molecule has 0 aromatic heterocycles. The van der Waals surface area contributed by atoms with Crippen LogP contribution in [0.25, 0.3) is 0 Å². The lowest BCUT2D eigenvalue weighted by Crippen LogP contribution is -2.29. The van der Waals surface area contributed by atoms with Crippen molar-refractivity contribution in [1.29, 1.82) is 0 Å².